The molecule has 1 radical (unpaired) electrons. The zero-order valence-corrected chi connectivity index (χ0v) is 35.6. The number of aromatic nitrogens is 3. The normalized spacial score (nSPS) is 12.5. The monoisotopic (exact) mass is 883 g/mol. The SMILES string of the molecule is CC(C)Cc1ccc2sc(-c3cc(-c4[c-]c5ccccc5c(C(C)(C)C)c4)ncn3)cc2n1.CCC(C)(CC)C(=O)/C=C(\O)C(C)(CC)CC.[Ir]. The molecule has 3 heterocycles. The molecule has 5 nitrogen and oxygen atoms in total. The second kappa shape index (κ2) is 17.5. The number of ketones is 1. The van der Waals surface area contributed by atoms with Gasteiger partial charge in [0.1, 0.15) is 12.1 Å². The topological polar surface area (TPSA) is 76.0 Å². The average molecular weight is 883 g/mol. The van der Waals surface area contributed by atoms with Crippen molar-refractivity contribution >= 4 is 38.1 Å². The van der Waals surface area contributed by atoms with Crippen LogP contribution in [0.5, 0.6) is 0 Å². The van der Waals surface area contributed by atoms with Crippen LogP contribution in [-0.2, 0) is 36.7 Å². The van der Waals surface area contributed by atoms with Crippen molar-refractivity contribution in [3.8, 4) is 21.8 Å². The zero-order valence-electron chi connectivity index (χ0n) is 32.4. The number of hydrogen-bond acceptors (Lipinski definition) is 6. The van der Waals surface area contributed by atoms with Crippen molar-refractivity contribution in [2.24, 2.45) is 16.7 Å². The van der Waals surface area contributed by atoms with E-state index >= 15 is 0 Å². The number of rotatable bonds is 11. The van der Waals surface area contributed by atoms with E-state index in [9.17, 15) is 9.90 Å². The van der Waals surface area contributed by atoms with Crippen LogP contribution in [0.2, 0.25) is 0 Å². The molecule has 0 saturated heterocycles. The third-order valence-electron chi connectivity index (χ3n) is 10.4. The van der Waals surface area contributed by atoms with Gasteiger partial charge in [-0.05, 0) is 67.7 Å². The molecule has 0 atom stereocenters. The number of fused-ring (bicyclic) bond motifs is 2. The Morgan fingerprint density at radius 3 is 2.10 bits per heavy atom. The van der Waals surface area contributed by atoms with Gasteiger partial charge in [0.25, 0.3) is 0 Å². The predicted molar refractivity (Wildman–Crippen MR) is 213 cm³/mol. The number of hydrogen-bond donors (Lipinski definition) is 1. The van der Waals surface area contributed by atoms with Crippen LogP contribution in [0, 0.1) is 22.8 Å². The number of allylic oxidation sites excluding steroid dienone is 2. The summed E-state index contributed by atoms with van der Waals surface area (Å²) < 4.78 is 1.19. The number of aliphatic hydroxyl groups is 1. The molecule has 3 aromatic heterocycles. The molecule has 0 bridgehead atoms. The summed E-state index contributed by atoms with van der Waals surface area (Å²) in [6, 6.07) is 22.8. The van der Waals surface area contributed by atoms with Crippen LogP contribution < -0.4 is 0 Å². The molecule has 0 saturated carbocycles. The van der Waals surface area contributed by atoms with Crippen LogP contribution in [0.25, 0.3) is 42.8 Å². The first-order valence-electron chi connectivity index (χ1n) is 18.2. The second-order valence-corrected chi connectivity index (χ2v) is 16.6. The van der Waals surface area contributed by atoms with Gasteiger partial charge in [0.15, 0.2) is 5.78 Å². The summed E-state index contributed by atoms with van der Waals surface area (Å²) in [6.45, 7) is 23.3. The van der Waals surface area contributed by atoms with Crippen LogP contribution in [-0.4, -0.2) is 25.8 Å². The summed E-state index contributed by atoms with van der Waals surface area (Å²) in [4.78, 5) is 27.4. The van der Waals surface area contributed by atoms with E-state index in [0.717, 1.165) is 70.5 Å². The summed E-state index contributed by atoms with van der Waals surface area (Å²) in [5.41, 5.74) is 5.72. The quantitative estimate of drug-likeness (QED) is 0.0812. The van der Waals surface area contributed by atoms with Crippen molar-refractivity contribution in [3.63, 3.8) is 0 Å². The minimum absolute atomic E-state index is 0. The van der Waals surface area contributed by atoms with E-state index in [4.69, 9.17) is 4.98 Å². The first-order chi connectivity index (χ1) is 23.6. The summed E-state index contributed by atoms with van der Waals surface area (Å²) in [5.74, 6) is 0.877. The molecule has 2 aromatic carbocycles. The first kappa shape index (κ1) is 42.2. The van der Waals surface area contributed by atoms with E-state index in [2.05, 4.69) is 105 Å². The van der Waals surface area contributed by atoms with Crippen LogP contribution in [0.3, 0.4) is 0 Å². The summed E-state index contributed by atoms with van der Waals surface area (Å²) in [6.07, 6.45) is 7.41. The van der Waals surface area contributed by atoms with Crippen molar-refractivity contribution < 1.29 is 30.0 Å². The maximum Gasteiger partial charge on any atom is 0.164 e. The minimum atomic E-state index is -0.337. The molecule has 275 valence electrons. The van der Waals surface area contributed by atoms with Gasteiger partial charge in [-0.3, -0.25) is 14.8 Å². The summed E-state index contributed by atoms with van der Waals surface area (Å²) in [7, 11) is 0. The van der Waals surface area contributed by atoms with Crippen LogP contribution in [0.4, 0.5) is 0 Å². The van der Waals surface area contributed by atoms with E-state index in [1.54, 1.807) is 17.7 Å². The Balaban J connectivity index is 0.000000335. The van der Waals surface area contributed by atoms with Gasteiger partial charge in [-0.25, -0.2) is 4.98 Å². The van der Waals surface area contributed by atoms with Crippen molar-refractivity contribution in [2.45, 2.75) is 114 Å². The fourth-order valence-corrected chi connectivity index (χ4v) is 6.90. The Hall–Kier alpha value is -3.25. The van der Waals surface area contributed by atoms with Crippen molar-refractivity contribution in [3.05, 3.63) is 90.1 Å². The van der Waals surface area contributed by atoms with Gasteiger partial charge in [0.2, 0.25) is 0 Å². The number of aliphatic hydroxyl groups excluding tert-OH is 1. The fourth-order valence-electron chi connectivity index (χ4n) is 5.94. The molecule has 1 N–H and O–H groups in total. The van der Waals surface area contributed by atoms with Crippen LogP contribution in [0.1, 0.15) is 113 Å². The smallest absolute Gasteiger partial charge is 0.164 e. The molecule has 0 spiro atoms. The third-order valence-corrected chi connectivity index (χ3v) is 11.5. The minimum Gasteiger partial charge on any atom is -0.512 e. The number of benzene rings is 2. The van der Waals surface area contributed by atoms with Gasteiger partial charge < -0.3 is 5.11 Å². The van der Waals surface area contributed by atoms with Crippen LogP contribution >= 0.6 is 11.3 Å². The predicted octanol–water partition coefficient (Wildman–Crippen LogP) is 12.5. The number of thiophene rings is 1. The molecule has 0 unspecified atom stereocenters. The van der Waals surface area contributed by atoms with Crippen LogP contribution in [0.15, 0.2) is 72.8 Å². The van der Waals surface area contributed by atoms with Gasteiger partial charge >= 0.3 is 0 Å². The standard InChI is InChI=1S/C29H28N3S.C15H28O2.Ir/c1-18(2)12-21-10-11-27-26(32-21)16-28(33-27)25-15-24(30-17-31-25)20-13-19-8-6-7-9-22(19)23(14-20)29(3,4)5;1-7-14(5,8-2)12(16)11-13(17)15(6,9-3)10-4;/h6-11,14-18H,12H2,1-5H3;11,16H,7-10H2,1-6H3;/q-1;;/b;12-11-;. The molecular formula is C44H56IrN3O2S-. The molecule has 51 heavy (non-hydrogen) atoms. The molecule has 5 rings (SSSR count). The second-order valence-electron chi connectivity index (χ2n) is 15.5. The zero-order chi connectivity index (χ0) is 36.9. The average Bonchev–Trinajstić information content (AvgIpc) is 3.53. The molecule has 5 aromatic rings. The fraction of sp³-hybridized carbons (Fsp3) is 0.455. The van der Waals surface area contributed by atoms with Gasteiger partial charge in [-0.2, -0.15) is 0 Å². The molecular weight excluding hydrogens is 827 g/mol. The van der Waals surface area contributed by atoms with Gasteiger partial charge in [-0.1, -0.05) is 105 Å². The first-order valence-corrected chi connectivity index (χ1v) is 19.0. The molecule has 0 fully saturated rings. The van der Waals surface area contributed by atoms with Crippen molar-refractivity contribution in [1.29, 1.82) is 0 Å². The summed E-state index contributed by atoms with van der Waals surface area (Å²) in [5, 5.41) is 12.5. The van der Waals surface area contributed by atoms with Gasteiger partial charge in [-0.15, -0.1) is 40.5 Å². The molecule has 0 amide bonds. The molecule has 0 aliphatic carbocycles. The Bertz CT molecular complexity index is 1960. The van der Waals surface area contributed by atoms with E-state index in [0.29, 0.717) is 5.92 Å². The number of nitrogens with zero attached hydrogens (tertiary/aromatic N) is 3. The van der Waals surface area contributed by atoms with Crippen molar-refractivity contribution in [1.82, 2.24) is 15.0 Å². The molecule has 7 heteroatoms. The number of carbonyl (C=O) groups is 1. The third kappa shape index (κ3) is 10.0. The number of carbonyl (C=O) groups excluding carboxylic acids is 1. The molecule has 0 aliphatic rings. The Labute approximate surface area is 323 Å². The van der Waals surface area contributed by atoms with Gasteiger partial charge in [0.05, 0.1) is 20.8 Å². The Morgan fingerprint density at radius 2 is 1.49 bits per heavy atom. The van der Waals surface area contributed by atoms with E-state index in [1.807, 2.05) is 41.5 Å². The van der Waals surface area contributed by atoms with E-state index in [-0.39, 0.29) is 47.9 Å². The largest absolute Gasteiger partial charge is 0.512 e. The van der Waals surface area contributed by atoms with E-state index < -0.39 is 0 Å². The molecule has 0 aliphatic heterocycles. The number of pyridine rings is 1. The van der Waals surface area contributed by atoms with E-state index in [1.165, 1.54) is 21.7 Å². The Kier molecular flexibility index (Phi) is 14.5. The summed E-state index contributed by atoms with van der Waals surface area (Å²) >= 11 is 1.73. The maximum absolute atomic E-state index is 12.2. The maximum atomic E-state index is 12.2. The van der Waals surface area contributed by atoms with Gasteiger partial charge in [0, 0.05) is 48.4 Å². The Morgan fingerprint density at radius 1 is 0.863 bits per heavy atom. The van der Waals surface area contributed by atoms with Crippen molar-refractivity contribution in [2.75, 3.05) is 0 Å².